The van der Waals surface area contributed by atoms with E-state index in [1.807, 2.05) is 26.8 Å². The third kappa shape index (κ3) is 3.96. The monoisotopic (exact) mass is 382 g/mol. The van der Waals surface area contributed by atoms with Crippen LogP contribution in [0.1, 0.15) is 37.6 Å². The van der Waals surface area contributed by atoms with Crippen LogP contribution in [0, 0.1) is 5.41 Å². The quantitative estimate of drug-likeness (QED) is 0.845. The molecule has 148 valence electrons. The lowest BCUT2D eigenvalue weighted by molar-refractivity contribution is -0.127. The van der Waals surface area contributed by atoms with Gasteiger partial charge in [-0.15, -0.1) is 0 Å². The highest BCUT2D eigenvalue weighted by molar-refractivity contribution is 6.05. The first-order chi connectivity index (χ1) is 13.4. The van der Waals surface area contributed by atoms with Gasteiger partial charge >= 0.3 is 0 Å². The molecule has 0 unspecified atom stereocenters. The molecule has 1 heterocycles. The molecule has 0 atom stereocenters. The molecule has 3 rings (SSSR count). The number of benzene rings is 2. The molecular weight excluding hydrogens is 356 g/mol. The molecule has 0 saturated heterocycles. The van der Waals surface area contributed by atoms with Crippen LogP contribution in [0.3, 0.4) is 0 Å². The minimum absolute atomic E-state index is 0.0446. The molecule has 28 heavy (non-hydrogen) atoms. The molecule has 1 aliphatic heterocycles. The summed E-state index contributed by atoms with van der Waals surface area (Å²) in [7, 11) is 1.58. The first-order valence-corrected chi connectivity index (χ1v) is 9.40. The Bertz CT molecular complexity index is 875. The van der Waals surface area contributed by atoms with Gasteiger partial charge in [-0.05, 0) is 56.7 Å². The number of hydrogen-bond acceptors (Lipinski definition) is 4. The van der Waals surface area contributed by atoms with Crippen molar-refractivity contribution in [3.8, 4) is 11.5 Å². The second-order valence-electron chi connectivity index (χ2n) is 7.49. The highest BCUT2D eigenvalue weighted by atomic mass is 16.5. The van der Waals surface area contributed by atoms with Crippen molar-refractivity contribution in [2.75, 3.05) is 30.5 Å². The first kappa shape index (κ1) is 19.7. The third-order valence-electron chi connectivity index (χ3n) is 4.72. The molecule has 0 bridgehead atoms. The molecule has 2 amide bonds. The predicted molar refractivity (Wildman–Crippen MR) is 109 cm³/mol. The summed E-state index contributed by atoms with van der Waals surface area (Å²) in [6.07, 6.45) is 0.844. The lowest BCUT2D eigenvalue weighted by atomic mass is 9.93. The molecule has 0 aliphatic carbocycles. The molecule has 0 spiro atoms. The number of amides is 2. The van der Waals surface area contributed by atoms with E-state index in [0.29, 0.717) is 29.3 Å². The fourth-order valence-corrected chi connectivity index (χ4v) is 3.12. The smallest absolute Gasteiger partial charge is 0.255 e. The van der Waals surface area contributed by atoms with Crippen LogP contribution < -0.4 is 19.7 Å². The SMILES string of the molecule is CCCN1C(=O)C(C)(C)COc2cc(NC(=O)c3ccc(OC)cc3)ccc21. The van der Waals surface area contributed by atoms with Gasteiger partial charge in [-0.1, -0.05) is 6.92 Å². The lowest BCUT2D eigenvalue weighted by Crippen LogP contribution is -2.42. The minimum Gasteiger partial charge on any atom is -0.497 e. The van der Waals surface area contributed by atoms with E-state index in [2.05, 4.69) is 5.32 Å². The molecule has 6 heteroatoms. The van der Waals surface area contributed by atoms with Gasteiger partial charge in [0.15, 0.2) is 0 Å². The van der Waals surface area contributed by atoms with Crippen molar-refractivity contribution < 1.29 is 19.1 Å². The van der Waals surface area contributed by atoms with Crippen molar-refractivity contribution in [1.82, 2.24) is 0 Å². The summed E-state index contributed by atoms with van der Waals surface area (Å²) in [5.74, 6) is 1.11. The van der Waals surface area contributed by atoms with Crippen molar-refractivity contribution >= 4 is 23.2 Å². The average Bonchev–Trinajstić information content (AvgIpc) is 2.78. The zero-order chi connectivity index (χ0) is 20.3. The number of fused-ring (bicyclic) bond motifs is 1. The Labute approximate surface area is 165 Å². The Morgan fingerprint density at radius 2 is 1.93 bits per heavy atom. The van der Waals surface area contributed by atoms with Crippen LogP contribution in [0.25, 0.3) is 0 Å². The average molecular weight is 382 g/mol. The maximum absolute atomic E-state index is 12.9. The van der Waals surface area contributed by atoms with Crippen LogP contribution in [0.15, 0.2) is 42.5 Å². The van der Waals surface area contributed by atoms with Crippen molar-refractivity contribution in [3.05, 3.63) is 48.0 Å². The summed E-state index contributed by atoms with van der Waals surface area (Å²) >= 11 is 0. The minimum atomic E-state index is -0.610. The number of anilines is 2. The summed E-state index contributed by atoms with van der Waals surface area (Å²) in [6.45, 7) is 6.72. The third-order valence-corrected chi connectivity index (χ3v) is 4.72. The van der Waals surface area contributed by atoms with Gasteiger partial charge in [0.25, 0.3) is 5.91 Å². The summed E-state index contributed by atoms with van der Waals surface area (Å²) in [5.41, 5.74) is 1.27. The highest BCUT2D eigenvalue weighted by Crippen LogP contribution is 2.38. The Kier molecular flexibility index (Phi) is 5.58. The van der Waals surface area contributed by atoms with Crippen LogP contribution >= 0.6 is 0 Å². The number of carbonyl (C=O) groups excluding carboxylic acids is 2. The maximum Gasteiger partial charge on any atom is 0.255 e. The Morgan fingerprint density at radius 1 is 1.21 bits per heavy atom. The van der Waals surface area contributed by atoms with Crippen LogP contribution in [-0.2, 0) is 4.79 Å². The summed E-state index contributed by atoms with van der Waals surface area (Å²) in [4.78, 5) is 27.2. The Morgan fingerprint density at radius 3 is 2.57 bits per heavy atom. The molecule has 0 saturated carbocycles. The second-order valence-corrected chi connectivity index (χ2v) is 7.49. The zero-order valence-corrected chi connectivity index (χ0v) is 16.7. The van der Waals surface area contributed by atoms with E-state index in [1.165, 1.54) is 0 Å². The topological polar surface area (TPSA) is 67.9 Å². The van der Waals surface area contributed by atoms with Crippen molar-refractivity contribution in [2.24, 2.45) is 5.41 Å². The van der Waals surface area contributed by atoms with Crippen LogP contribution in [0.2, 0.25) is 0 Å². The number of rotatable bonds is 5. The number of nitrogens with one attached hydrogen (secondary N) is 1. The number of carbonyl (C=O) groups is 2. The summed E-state index contributed by atoms with van der Waals surface area (Å²) in [5, 5.41) is 2.88. The van der Waals surface area contributed by atoms with Gasteiger partial charge in [0.2, 0.25) is 5.91 Å². The molecule has 0 aromatic heterocycles. The van der Waals surface area contributed by atoms with Crippen molar-refractivity contribution in [1.29, 1.82) is 0 Å². The fraction of sp³-hybridized carbons (Fsp3) is 0.364. The van der Waals surface area contributed by atoms with Gasteiger partial charge in [0.05, 0.1) is 18.2 Å². The van der Waals surface area contributed by atoms with Gasteiger partial charge < -0.3 is 19.7 Å². The van der Waals surface area contributed by atoms with E-state index in [4.69, 9.17) is 9.47 Å². The molecule has 1 N–H and O–H groups in total. The van der Waals surface area contributed by atoms with Gasteiger partial charge in [-0.25, -0.2) is 0 Å². The van der Waals surface area contributed by atoms with E-state index < -0.39 is 5.41 Å². The fourth-order valence-electron chi connectivity index (χ4n) is 3.12. The molecule has 6 nitrogen and oxygen atoms in total. The summed E-state index contributed by atoms with van der Waals surface area (Å²) < 4.78 is 11.1. The maximum atomic E-state index is 12.9. The second kappa shape index (κ2) is 7.92. The standard InChI is InChI=1S/C22H26N2O4/c1-5-12-24-18-11-8-16(13-19(18)28-14-22(2,3)21(24)26)23-20(25)15-6-9-17(27-4)10-7-15/h6-11,13H,5,12,14H2,1-4H3,(H,23,25). The predicted octanol–water partition coefficient (Wildman–Crippen LogP) is 4.11. The van der Waals surface area contributed by atoms with E-state index in [0.717, 1.165) is 12.1 Å². The first-order valence-electron chi connectivity index (χ1n) is 9.40. The molecular formula is C22H26N2O4. The zero-order valence-electron chi connectivity index (χ0n) is 16.7. The molecule has 0 radical (unpaired) electrons. The van der Waals surface area contributed by atoms with Crippen molar-refractivity contribution in [3.63, 3.8) is 0 Å². The van der Waals surface area contributed by atoms with Gasteiger partial charge in [0.1, 0.15) is 18.1 Å². The van der Waals surface area contributed by atoms with E-state index in [9.17, 15) is 9.59 Å². The van der Waals surface area contributed by atoms with Gasteiger partial charge in [0, 0.05) is 23.9 Å². The van der Waals surface area contributed by atoms with Crippen LogP contribution in [0.5, 0.6) is 11.5 Å². The number of nitrogens with zero attached hydrogens (tertiary/aromatic N) is 1. The molecule has 2 aromatic rings. The highest BCUT2D eigenvalue weighted by Gasteiger charge is 2.37. The number of hydrogen-bond donors (Lipinski definition) is 1. The largest absolute Gasteiger partial charge is 0.497 e. The van der Waals surface area contributed by atoms with Gasteiger partial charge in [-0.2, -0.15) is 0 Å². The Balaban J connectivity index is 1.85. The number of methoxy groups -OCH3 is 1. The van der Waals surface area contributed by atoms with E-state index in [-0.39, 0.29) is 18.4 Å². The number of ether oxygens (including phenoxy) is 2. The normalized spacial score (nSPS) is 15.3. The van der Waals surface area contributed by atoms with E-state index >= 15 is 0 Å². The Hall–Kier alpha value is -3.02. The van der Waals surface area contributed by atoms with Gasteiger partial charge in [-0.3, -0.25) is 9.59 Å². The lowest BCUT2D eigenvalue weighted by Gasteiger charge is -2.27. The molecule has 0 fully saturated rings. The molecule has 2 aromatic carbocycles. The van der Waals surface area contributed by atoms with Crippen LogP contribution in [-0.4, -0.2) is 32.1 Å². The van der Waals surface area contributed by atoms with E-state index in [1.54, 1.807) is 48.4 Å². The molecule has 1 aliphatic rings. The summed E-state index contributed by atoms with van der Waals surface area (Å²) in [6, 6.07) is 12.3. The van der Waals surface area contributed by atoms with Crippen molar-refractivity contribution in [2.45, 2.75) is 27.2 Å². The van der Waals surface area contributed by atoms with Crippen LogP contribution in [0.4, 0.5) is 11.4 Å².